The lowest BCUT2D eigenvalue weighted by molar-refractivity contribution is 0.391. The van der Waals surface area contributed by atoms with Crippen LogP contribution in [0.25, 0.3) is 22.3 Å². The van der Waals surface area contributed by atoms with Gasteiger partial charge in [-0.2, -0.15) is 4.98 Å². The molecule has 6 nitrogen and oxygen atoms in total. The van der Waals surface area contributed by atoms with Crippen molar-refractivity contribution in [3.05, 3.63) is 68.7 Å². The van der Waals surface area contributed by atoms with Gasteiger partial charge >= 0.3 is 0 Å². The molecular weight excluding hydrogens is 428 g/mol. The van der Waals surface area contributed by atoms with E-state index in [0.29, 0.717) is 33.5 Å². The average Bonchev–Trinajstić information content (AvgIpc) is 3.13. The summed E-state index contributed by atoms with van der Waals surface area (Å²) in [5.41, 5.74) is 2.53. The van der Waals surface area contributed by atoms with E-state index in [9.17, 15) is 4.79 Å². The number of nitrogens with zero attached hydrogens (tertiary/aromatic N) is 4. The highest BCUT2D eigenvalue weighted by molar-refractivity contribution is 9.10. The third kappa shape index (κ3) is 3.68. The molecule has 0 aliphatic carbocycles. The molecule has 4 aromatic rings. The molecule has 0 spiro atoms. The van der Waals surface area contributed by atoms with Crippen molar-refractivity contribution in [3.63, 3.8) is 0 Å². The van der Waals surface area contributed by atoms with Gasteiger partial charge in [0.25, 0.3) is 5.56 Å². The zero-order valence-electron chi connectivity index (χ0n) is 14.6. The van der Waals surface area contributed by atoms with Crippen LogP contribution in [0.2, 0.25) is 0 Å². The minimum atomic E-state index is -0.0634. The molecule has 2 aromatic heterocycles. The number of benzene rings is 2. The smallest absolute Gasteiger partial charge is 0.261 e. The predicted octanol–water partition coefficient (Wildman–Crippen LogP) is 4.35. The van der Waals surface area contributed by atoms with Gasteiger partial charge in [-0.05, 0) is 31.2 Å². The molecule has 0 bridgehead atoms. The van der Waals surface area contributed by atoms with Gasteiger partial charge in [-0.15, -0.1) is 0 Å². The van der Waals surface area contributed by atoms with Crippen LogP contribution in [0, 0.1) is 6.92 Å². The largest absolute Gasteiger partial charge is 0.338 e. The Balaban J connectivity index is 1.58. The van der Waals surface area contributed by atoms with Gasteiger partial charge in [0.15, 0.2) is 5.16 Å². The van der Waals surface area contributed by atoms with Crippen molar-refractivity contribution >= 4 is 38.6 Å². The van der Waals surface area contributed by atoms with Crippen molar-refractivity contribution in [2.45, 2.75) is 17.8 Å². The molecule has 136 valence electrons. The van der Waals surface area contributed by atoms with Crippen molar-refractivity contribution in [1.29, 1.82) is 0 Å². The Morgan fingerprint density at radius 3 is 2.85 bits per heavy atom. The molecule has 2 heterocycles. The van der Waals surface area contributed by atoms with E-state index in [4.69, 9.17) is 4.52 Å². The zero-order valence-corrected chi connectivity index (χ0v) is 17.0. The fourth-order valence-electron chi connectivity index (χ4n) is 2.68. The Labute approximate surface area is 167 Å². The number of thioether (sulfide) groups is 1. The van der Waals surface area contributed by atoms with Gasteiger partial charge in [0.05, 0.1) is 16.7 Å². The molecule has 0 unspecified atom stereocenters. The van der Waals surface area contributed by atoms with Crippen LogP contribution in [-0.4, -0.2) is 19.7 Å². The number of aryl methyl sites for hydroxylation is 1. The Kier molecular flexibility index (Phi) is 4.84. The van der Waals surface area contributed by atoms with Gasteiger partial charge < -0.3 is 4.52 Å². The van der Waals surface area contributed by atoms with Crippen molar-refractivity contribution in [2.24, 2.45) is 7.05 Å². The molecule has 2 aromatic carbocycles. The van der Waals surface area contributed by atoms with E-state index < -0.39 is 0 Å². The predicted molar refractivity (Wildman–Crippen MR) is 109 cm³/mol. The van der Waals surface area contributed by atoms with Crippen LogP contribution in [0.3, 0.4) is 0 Å². The van der Waals surface area contributed by atoms with Gasteiger partial charge in [0.2, 0.25) is 11.7 Å². The van der Waals surface area contributed by atoms with E-state index in [1.807, 2.05) is 49.4 Å². The maximum absolute atomic E-state index is 12.6. The summed E-state index contributed by atoms with van der Waals surface area (Å²) in [6.45, 7) is 1.96. The number of hydrogen-bond donors (Lipinski definition) is 0. The van der Waals surface area contributed by atoms with Crippen LogP contribution in [0.1, 0.15) is 11.5 Å². The minimum Gasteiger partial charge on any atom is -0.338 e. The first kappa shape index (κ1) is 17.9. The first-order valence-electron chi connectivity index (χ1n) is 8.20. The Hall–Kier alpha value is -2.45. The second-order valence-electron chi connectivity index (χ2n) is 6.09. The first-order valence-corrected chi connectivity index (χ1v) is 9.98. The maximum atomic E-state index is 12.6. The van der Waals surface area contributed by atoms with Gasteiger partial charge in [0.1, 0.15) is 0 Å². The number of hydrogen-bond acceptors (Lipinski definition) is 6. The van der Waals surface area contributed by atoms with Crippen molar-refractivity contribution in [2.75, 3.05) is 0 Å². The lowest BCUT2D eigenvalue weighted by Gasteiger charge is -2.08. The van der Waals surface area contributed by atoms with Gasteiger partial charge in [-0.1, -0.05) is 56.6 Å². The maximum Gasteiger partial charge on any atom is 0.261 e. The fraction of sp³-hybridized carbons (Fsp3) is 0.158. The quantitative estimate of drug-likeness (QED) is 0.345. The minimum absolute atomic E-state index is 0.0634. The molecule has 27 heavy (non-hydrogen) atoms. The van der Waals surface area contributed by atoms with E-state index in [1.54, 1.807) is 11.6 Å². The van der Waals surface area contributed by atoms with Crippen LogP contribution in [0.5, 0.6) is 0 Å². The summed E-state index contributed by atoms with van der Waals surface area (Å²) in [6.07, 6.45) is 0. The summed E-state index contributed by atoms with van der Waals surface area (Å²) < 4.78 is 7.85. The van der Waals surface area contributed by atoms with Crippen LogP contribution < -0.4 is 5.56 Å². The van der Waals surface area contributed by atoms with Crippen LogP contribution in [0.15, 0.2) is 61.4 Å². The second kappa shape index (κ2) is 7.28. The summed E-state index contributed by atoms with van der Waals surface area (Å²) in [5.74, 6) is 1.44. The summed E-state index contributed by atoms with van der Waals surface area (Å²) in [6, 6.07) is 13.4. The van der Waals surface area contributed by atoms with Gasteiger partial charge in [-0.3, -0.25) is 9.36 Å². The number of fused-ring (bicyclic) bond motifs is 1. The molecule has 0 fully saturated rings. The molecule has 0 aliphatic rings. The lowest BCUT2D eigenvalue weighted by Crippen LogP contribution is -2.20. The van der Waals surface area contributed by atoms with Gasteiger partial charge in [-0.25, -0.2) is 4.98 Å². The molecule has 0 saturated heterocycles. The van der Waals surface area contributed by atoms with Crippen molar-refractivity contribution in [3.8, 4) is 11.4 Å². The molecule has 0 aliphatic heterocycles. The molecule has 4 rings (SSSR count). The number of halogens is 1. The topological polar surface area (TPSA) is 73.8 Å². The fourth-order valence-corrected chi connectivity index (χ4v) is 3.89. The van der Waals surface area contributed by atoms with Crippen LogP contribution in [0.4, 0.5) is 0 Å². The third-order valence-electron chi connectivity index (χ3n) is 4.07. The normalized spacial score (nSPS) is 11.2. The highest BCUT2D eigenvalue weighted by Gasteiger charge is 2.13. The van der Waals surface area contributed by atoms with E-state index in [1.165, 1.54) is 11.8 Å². The van der Waals surface area contributed by atoms with E-state index in [-0.39, 0.29) is 5.56 Å². The van der Waals surface area contributed by atoms with Crippen molar-refractivity contribution in [1.82, 2.24) is 19.7 Å². The van der Waals surface area contributed by atoms with E-state index in [2.05, 4.69) is 31.1 Å². The summed E-state index contributed by atoms with van der Waals surface area (Å²) in [5, 5.41) is 5.26. The van der Waals surface area contributed by atoms with Crippen LogP contribution in [-0.2, 0) is 12.8 Å². The Morgan fingerprint density at radius 2 is 2.04 bits per heavy atom. The second-order valence-corrected chi connectivity index (χ2v) is 7.95. The Bertz CT molecular complexity index is 1200. The van der Waals surface area contributed by atoms with E-state index in [0.717, 1.165) is 15.6 Å². The summed E-state index contributed by atoms with van der Waals surface area (Å²) in [4.78, 5) is 21.6. The van der Waals surface area contributed by atoms with Crippen molar-refractivity contribution < 1.29 is 4.52 Å². The van der Waals surface area contributed by atoms with Gasteiger partial charge in [0, 0.05) is 17.1 Å². The number of aromatic nitrogens is 4. The SMILES string of the molecule is Cc1ccc2nc(SCc3nc(-c4cccc(Br)c4)no3)n(C)c(=O)c2c1. The molecule has 0 saturated carbocycles. The third-order valence-corrected chi connectivity index (χ3v) is 5.57. The molecule has 0 amide bonds. The Morgan fingerprint density at radius 1 is 1.19 bits per heavy atom. The standard InChI is InChI=1S/C19H15BrN4O2S/c1-11-6-7-15-14(8-11)18(25)24(2)19(21-15)27-10-16-22-17(23-26-16)12-4-3-5-13(20)9-12/h3-9H,10H2,1-2H3. The zero-order chi connectivity index (χ0) is 19.0. The highest BCUT2D eigenvalue weighted by Crippen LogP contribution is 2.24. The van der Waals surface area contributed by atoms with Crippen LogP contribution >= 0.6 is 27.7 Å². The molecule has 0 N–H and O–H groups in total. The first-order chi connectivity index (χ1) is 13.0. The average molecular weight is 443 g/mol. The molecule has 0 atom stereocenters. The van der Waals surface area contributed by atoms with E-state index >= 15 is 0 Å². The number of rotatable bonds is 4. The molecular formula is C19H15BrN4O2S. The lowest BCUT2D eigenvalue weighted by atomic mass is 10.2. The summed E-state index contributed by atoms with van der Waals surface area (Å²) in [7, 11) is 1.72. The molecule has 0 radical (unpaired) electrons. The monoisotopic (exact) mass is 442 g/mol. The highest BCUT2D eigenvalue weighted by atomic mass is 79.9. The molecule has 8 heteroatoms. The summed E-state index contributed by atoms with van der Waals surface area (Å²) >= 11 is 4.83.